The minimum atomic E-state index is -3.57. The van der Waals surface area contributed by atoms with E-state index in [1.54, 1.807) is 55.6 Å². The fourth-order valence-corrected chi connectivity index (χ4v) is 4.62. The monoisotopic (exact) mass is 492 g/mol. The number of hydrogen-bond acceptors (Lipinski definition) is 6. The smallest absolute Gasteiger partial charge is 0.264 e. The van der Waals surface area contributed by atoms with Crippen LogP contribution in [0.5, 0.6) is 0 Å². The average Bonchev–Trinajstić information content (AvgIpc) is 2.82. The maximum Gasteiger partial charge on any atom is 0.264 e. The number of aryl methyl sites for hydroxylation is 1. The number of carboxylic acid groups (broad SMARTS) is 1. The summed E-state index contributed by atoms with van der Waals surface area (Å²) in [5.74, 6) is -1.52. The number of fused-ring (bicyclic) bond motifs is 2. The fourth-order valence-electron chi connectivity index (χ4n) is 4.24. The van der Waals surface area contributed by atoms with E-state index >= 15 is 0 Å². The van der Waals surface area contributed by atoms with Crippen LogP contribution in [0.2, 0.25) is 0 Å². The van der Waals surface area contributed by atoms with E-state index in [0.29, 0.717) is 16.3 Å². The third kappa shape index (κ3) is 4.87. The van der Waals surface area contributed by atoms with Crippen LogP contribution in [0.4, 0.5) is 0 Å². The lowest BCUT2D eigenvalue weighted by atomic mass is 9.95. The van der Waals surface area contributed by atoms with Gasteiger partial charge in [-0.3, -0.25) is 8.98 Å². The van der Waals surface area contributed by atoms with Gasteiger partial charge in [0.05, 0.1) is 35.2 Å². The van der Waals surface area contributed by atoms with Crippen molar-refractivity contribution in [3.05, 3.63) is 77.9 Å². The number of nitrogens with zero attached hydrogens (tertiary/aromatic N) is 2. The molecule has 8 nitrogen and oxygen atoms in total. The Kier molecular flexibility index (Phi) is 6.56. The van der Waals surface area contributed by atoms with E-state index in [-0.39, 0.29) is 24.6 Å². The maximum atomic E-state index is 12.7. The molecule has 0 spiro atoms. The number of aromatic carboxylic acids is 1. The van der Waals surface area contributed by atoms with Crippen molar-refractivity contribution in [2.24, 2.45) is 7.05 Å². The Morgan fingerprint density at radius 2 is 1.63 bits per heavy atom. The highest BCUT2D eigenvalue weighted by molar-refractivity contribution is 7.85. The minimum absolute atomic E-state index is 0.117. The van der Waals surface area contributed by atoms with Crippen LogP contribution in [0.15, 0.2) is 66.7 Å². The second kappa shape index (κ2) is 9.44. The molecule has 0 aliphatic carbocycles. The Bertz CT molecular complexity index is 1560. The Hall–Kier alpha value is -3.82. The van der Waals surface area contributed by atoms with Crippen molar-refractivity contribution in [3.8, 4) is 11.1 Å². The SMILES string of the molecule is CN(CCOS(C)(=O)=O)C(=O)c1ccc(-c2cccc3c(C(=O)[O-])c4ccccc4[n+](C)c23)cc1. The predicted octanol–water partition coefficient (Wildman–Crippen LogP) is 1.90. The third-order valence-corrected chi connectivity index (χ3v) is 6.49. The van der Waals surface area contributed by atoms with Gasteiger partial charge < -0.3 is 14.8 Å². The van der Waals surface area contributed by atoms with Gasteiger partial charge in [0, 0.05) is 30.8 Å². The van der Waals surface area contributed by atoms with Gasteiger partial charge in [0.15, 0.2) is 0 Å². The number of benzene rings is 3. The van der Waals surface area contributed by atoms with Crippen molar-refractivity contribution >= 4 is 43.8 Å². The Labute approximate surface area is 203 Å². The molecule has 0 aliphatic heterocycles. The highest BCUT2D eigenvalue weighted by atomic mass is 32.2. The van der Waals surface area contributed by atoms with Crippen LogP contribution in [-0.4, -0.2) is 51.6 Å². The molecular weight excluding hydrogens is 468 g/mol. The summed E-state index contributed by atoms with van der Waals surface area (Å²) >= 11 is 0. The zero-order valence-electron chi connectivity index (χ0n) is 19.5. The number of para-hydroxylation sites is 2. The molecule has 9 heteroatoms. The van der Waals surface area contributed by atoms with Crippen molar-refractivity contribution in [2.75, 3.05) is 26.5 Å². The molecule has 1 amide bonds. The molecule has 0 saturated heterocycles. The molecule has 0 bridgehead atoms. The summed E-state index contributed by atoms with van der Waals surface area (Å²) in [6.07, 6.45) is 0.958. The number of carboxylic acids is 1. The minimum Gasteiger partial charge on any atom is -0.545 e. The summed E-state index contributed by atoms with van der Waals surface area (Å²) < 4.78 is 28.9. The molecule has 0 saturated carbocycles. The Balaban J connectivity index is 1.73. The van der Waals surface area contributed by atoms with Crippen molar-refractivity contribution < 1.29 is 31.9 Å². The molecule has 0 unspecified atom stereocenters. The van der Waals surface area contributed by atoms with E-state index in [1.807, 2.05) is 29.8 Å². The first-order chi connectivity index (χ1) is 16.6. The number of amides is 1. The third-order valence-electron chi connectivity index (χ3n) is 5.89. The van der Waals surface area contributed by atoms with Gasteiger partial charge in [-0.2, -0.15) is 13.0 Å². The number of likely N-dealkylation sites (N-methyl/N-ethyl adjacent to an activating group) is 1. The van der Waals surface area contributed by atoms with E-state index in [0.717, 1.165) is 28.4 Å². The fraction of sp³-hybridized carbons (Fsp3) is 0.192. The van der Waals surface area contributed by atoms with E-state index in [9.17, 15) is 23.1 Å². The van der Waals surface area contributed by atoms with Crippen LogP contribution < -0.4 is 9.67 Å². The van der Waals surface area contributed by atoms with Gasteiger partial charge in [0.1, 0.15) is 7.05 Å². The van der Waals surface area contributed by atoms with Crippen LogP contribution in [0.1, 0.15) is 20.7 Å². The van der Waals surface area contributed by atoms with E-state index in [2.05, 4.69) is 0 Å². The molecule has 4 aromatic rings. The number of rotatable bonds is 7. The molecule has 35 heavy (non-hydrogen) atoms. The van der Waals surface area contributed by atoms with Crippen LogP contribution in [0.25, 0.3) is 32.9 Å². The zero-order valence-corrected chi connectivity index (χ0v) is 20.3. The second-order valence-electron chi connectivity index (χ2n) is 8.27. The highest BCUT2D eigenvalue weighted by Crippen LogP contribution is 2.31. The molecule has 0 fully saturated rings. The quantitative estimate of drug-likeness (QED) is 0.222. The lowest BCUT2D eigenvalue weighted by Crippen LogP contribution is -2.33. The van der Waals surface area contributed by atoms with Crippen LogP contribution in [0.3, 0.4) is 0 Å². The number of hydrogen-bond donors (Lipinski definition) is 0. The van der Waals surface area contributed by atoms with Gasteiger partial charge in [0.2, 0.25) is 11.0 Å². The van der Waals surface area contributed by atoms with Crippen molar-refractivity contribution in [2.45, 2.75) is 0 Å². The molecule has 3 aromatic carbocycles. The summed E-state index contributed by atoms with van der Waals surface area (Å²) in [6, 6.07) is 19.7. The first-order valence-electron chi connectivity index (χ1n) is 10.8. The van der Waals surface area contributed by atoms with Gasteiger partial charge in [-0.05, 0) is 35.9 Å². The summed E-state index contributed by atoms with van der Waals surface area (Å²) in [5, 5.41) is 13.3. The van der Waals surface area contributed by atoms with Crippen LogP contribution in [0, 0.1) is 0 Å². The van der Waals surface area contributed by atoms with Gasteiger partial charge >= 0.3 is 0 Å². The standard InChI is InChI=1S/C26H24N2O6S/c1-27(15-16-34-35(3,32)33)25(29)18-13-11-17(12-14-18)19-8-6-9-21-23(26(30)31)20-7-4-5-10-22(20)28(2)24(19)21/h4-14H,15-16H2,1-3H3. The Morgan fingerprint density at radius 3 is 2.29 bits per heavy atom. The molecule has 1 aromatic heterocycles. The number of pyridine rings is 1. The summed E-state index contributed by atoms with van der Waals surface area (Å²) in [7, 11) is -0.115. The summed E-state index contributed by atoms with van der Waals surface area (Å²) in [4.78, 5) is 26.2. The van der Waals surface area contributed by atoms with Crippen LogP contribution in [-0.2, 0) is 21.3 Å². The second-order valence-corrected chi connectivity index (χ2v) is 9.91. The lowest BCUT2D eigenvalue weighted by molar-refractivity contribution is -0.617. The van der Waals surface area contributed by atoms with Crippen molar-refractivity contribution in [1.29, 1.82) is 0 Å². The van der Waals surface area contributed by atoms with E-state index in [4.69, 9.17) is 4.18 Å². The van der Waals surface area contributed by atoms with Gasteiger partial charge in [-0.25, -0.2) is 0 Å². The first kappa shape index (κ1) is 24.3. The molecule has 0 aliphatic rings. The van der Waals surface area contributed by atoms with Gasteiger partial charge in [0.25, 0.3) is 16.0 Å². The first-order valence-corrected chi connectivity index (χ1v) is 12.7. The van der Waals surface area contributed by atoms with Crippen molar-refractivity contribution in [3.63, 3.8) is 0 Å². The maximum absolute atomic E-state index is 12.7. The molecule has 1 heterocycles. The zero-order chi connectivity index (χ0) is 25.3. The predicted molar refractivity (Wildman–Crippen MR) is 130 cm³/mol. The van der Waals surface area contributed by atoms with E-state index in [1.165, 1.54) is 4.90 Å². The summed E-state index contributed by atoms with van der Waals surface area (Å²) in [5.41, 5.74) is 3.69. The summed E-state index contributed by atoms with van der Waals surface area (Å²) in [6.45, 7) is -0.00767. The van der Waals surface area contributed by atoms with E-state index < -0.39 is 16.1 Å². The van der Waals surface area contributed by atoms with Gasteiger partial charge in [-0.1, -0.05) is 30.3 Å². The molecule has 0 N–H and O–H groups in total. The van der Waals surface area contributed by atoms with Crippen LogP contribution >= 0.6 is 0 Å². The largest absolute Gasteiger partial charge is 0.545 e. The number of aromatic nitrogens is 1. The molecule has 0 atom stereocenters. The van der Waals surface area contributed by atoms with Gasteiger partial charge in [-0.15, -0.1) is 0 Å². The lowest BCUT2D eigenvalue weighted by Gasteiger charge is -2.17. The molecule has 0 radical (unpaired) electrons. The normalized spacial score (nSPS) is 11.6. The Morgan fingerprint density at radius 1 is 0.971 bits per heavy atom. The van der Waals surface area contributed by atoms with Crippen molar-refractivity contribution in [1.82, 2.24) is 4.90 Å². The highest BCUT2D eigenvalue weighted by Gasteiger charge is 2.22. The molecule has 4 rings (SSSR count). The molecular formula is C26H24N2O6S. The topological polar surface area (TPSA) is 108 Å². The molecule has 180 valence electrons. The number of carbonyl (C=O) groups excluding carboxylic acids is 2. The average molecular weight is 493 g/mol. The number of carbonyl (C=O) groups is 2.